The van der Waals surface area contributed by atoms with Gasteiger partial charge in [0, 0.05) is 18.1 Å². The largest absolute Gasteiger partial charge is 0.312 e. The topological polar surface area (TPSA) is 12.0 Å². The van der Waals surface area contributed by atoms with Crippen LogP contribution in [0.2, 0.25) is 5.02 Å². The molecule has 1 aliphatic rings. The monoisotopic (exact) mass is 231 g/mol. The molecule has 0 aromatic heterocycles. The first-order valence-corrected chi connectivity index (χ1v) is 5.18. The minimum atomic E-state index is 0. The van der Waals surface area contributed by atoms with E-state index in [2.05, 4.69) is 24.4 Å². The van der Waals surface area contributed by atoms with E-state index in [1.54, 1.807) is 0 Å². The predicted molar refractivity (Wildman–Crippen MR) is 63.4 cm³/mol. The molecule has 2 rings (SSSR count). The number of hydrogen-bond acceptors (Lipinski definition) is 1. The van der Waals surface area contributed by atoms with Crippen LogP contribution in [0.15, 0.2) is 18.2 Å². The highest BCUT2D eigenvalue weighted by atomic mass is 35.5. The standard InChI is InChI=1S/C11H14ClN.ClH/c1-2-8-6-13-7-9-3-4-10(12)5-11(8)9;/h3-5,8,13H,2,6-7H2,1H3;1H. The van der Waals surface area contributed by atoms with Crippen molar-refractivity contribution in [3.8, 4) is 0 Å². The van der Waals surface area contributed by atoms with Crippen molar-refractivity contribution in [2.75, 3.05) is 6.54 Å². The van der Waals surface area contributed by atoms with Gasteiger partial charge in [-0.1, -0.05) is 24.6 Å². The maximum atomic E-state index is 5.98. The van der Waals surface area contributed by atoms with Crippen LogP contribution in [0.4, 0.5) is 0 Å². The zero-order valence-corrected chi connectivity index (χ0v) is 9.79. The van der Waals surface area contributed by atoms with Crippen LogP contribution in [0.1, 0.15) is 30.4 Å². The third-order valence-corrected chi connectivity index (χ3v) is 2.98. The van der Waals surface area contributed by atoms with Gasteiger partial charge < -0.3 is 5.32 Å². The van der Waals surface area contributed by atoms with Gasteiger partial charge in [0.05, 0.1) is 0 Å². The van der Waals surface area contributed by atoms with Crippen LogP contribution >= 0.6 is 24.0 Å². The van der Waals surface area contributed by atoms with Gasteiger partial charge in [-0.25, -0.2) is 0 Å². The van der Waals surface area contributed by atoms with E-state index in [0.717, 1.165) is 18.1 Å². The lowest BCUT2D eigenvalue weighted by Gasteiger charge is -2.25. The summed E-state index contributed by atoms with van der Waals surface area (Å²) >= 11 is 5.98. The molecule has 1 N–H and O–H groups in total. The molecule has 0 saturated carbocycles. The number of fused-ring (bicyclic) bond motifs is 1. The summed E-state index contributed by atoms with van der Waals surface area (Å²) in [4.78, 5) is 0. The minimum Gasteiger partial charge on any atom is -0.312 e. The highest BCUT2D eigenvalue weighted by molar-refractivity contribution is 6.30. The minimum absolute atomic E-state index is 0. The number of rotatable bonds is 1. The normalized spacial score (nSPS) is 19.7. The van der Waals surface area contributed by atoms with Crippen LogP contribution in [0.25, 0.3) is 0 Å². The third-order valence-electron chi connectivity index (χ3n) is 2.75. The molecular formula is C11H15Cl2N. The van der Waals surface area contributed by atoms with Gasteiger partial charge in [0.15, 0.2) is 0 Å². The maximum absolute atomic E-state index is 5.98. The second-order valence-corrected chi connectivity index (χ2v) is 4.02. The van der Waals surface area contributed by atoms with Gasteiger partial charge >= 0.3 is 0 Å². The van der Waals surface area contributed by atoms with Crippen LogP contribution < -0.4 is 5.32 Å². The predicted octanol–water partition coefficient (Wildman–Crippen LogP) is 3.36. The summed E-state index contributed by atoms with van der Waals surface area (Å²) in [5, 5.41) is 4.28. The molecule has 3 heteroatoms. The Balaban J connectivity index is 0.000000980. The fourth-order valence-corrected chi connectivity index (χ4v) is 2.14. The summed E-state index contributed by atoms with van der Waals surface area (Å²) in [6.45, 7) is 4.30. The van der Waals surface area contributed by atoms with Crippen molar-refractivity contribution in [1.82, 2.24) is 5.32 Å². The smallest absolute Gasteiger partial charge is 0.0409 e. The van der Waals surface area contributed by atoms with Crippen LogP contribution in [0.5, 0.6) is 0 Å². The molecule has 1 aliphatic heterocycles. The molecule has 78 valence electrons. The van der Waals surface area contributed by atoms with E-state index >= 15 is 0 Å². The molecule has 1 unspecified atom stereocenters. The molecule has 1 aromatic rings. The van der Waals surface area contributed by atoms with Crippen LogP contribution in [0.3, 0.4) is 0 Å². The molecular weight excluding hydrogens is 217 g/mol. The van der Waals surface area contributed by atoms with Crippen LogP contribution in [0, 0.1) is 0 Å². The molecule has 14 heavy (non-hydrogen) atoms. The third kappa shape index (κ3) is 2.22. The molecule has 1 aromatic carbocycles. The number of halogens is 2. The van der Waals surface area contributed by atoms with Crippen molar-refractivity contribution in [2.45, 2.75) is 25.8 Å². The zero-order chi connectivity index (χ0) is 9.26. The van der Waals surface area contributed by atoms with Gasteiger partial charge in [-0.15, -0.1) is 12.4 Å². The first kappa shape index (κ1) is 11.8. The molecule has 0 saturated heterocycles. The molecule has 0 fully saturated rings. The summed E-state index contributed by atoms with van der Waals surface area (Å²) in [6, 6.07) is 6.22. The fourth-order valence-electron chi connectivity index (χ4n) is 1.96. The van der Waals surface area contributed by atoms with Crippen molar-refractivity contribution in [3.63, 3.8) is 0 Å². The quantitative estimate of drug-likeness (QED) is 0.782. The number of hydrogen-bond donors (Lipinski definition) is 1. The van der Waals surface area contributed by atoms with E-state index in [1.165, 1.54) is 17.5 Å². The van der Waals surface area contributed by atoms with Crippen molar-refractivity contribution >= 4 is 24.0 Å². The lowest BCUT2D eigenvalue weighted by atomic mass is 9.89. The molecule has 0 amide bonds. The molecule has 1 nitrogen and oxygen atoms in total. The van der Waals surface area contributed by atoms with Crippen LogP contribution in [-0.4, -0.2) is 6.54 Å². The molecule has 0 aliphatic carbocycles. The molecule has 1 atom stereocenters. The van der Waals surface area contributed by atoms with Crippen molar-refractivity contribution in [2.24, 2.45) is 0 Å². The van der Waals surface area contributed by atoms with E-state index in [4.69, 9.17) is 11.6 Å². The Kier molecular flexibility index (Phi) is 4.24. The lowest BCUT2D eigenvalue weighted by molar-refractivity contribution is 0.530. The molecule has 0 bridgehead atoms. The SMILES string of the molecule is CCC1CNCc2ccc(Cl)cc21.Cl. The van der Waals surface area contributed by atoms with Crippen molar-refractivity contribution in [1.29, 1.82) is 0 Å². The molecule has 0 radical (unpaired) electrons. The van der Waals surface area contributed by atoms with Crippen LogP contribution in [-0.2, 0) is 6.54 Å². The average molecular weight is 232 g/mol. The Bertz CT molecular complexity index is 312. The Hall–Kier alpha value is -0.240. The summed E-state index contributed by atoms with van der Waals surface area (Å²) in [7, 11) is 0. The van der Waals surface area contributed by atoms with E-state index in [9.17, 15) is 0 Å². The molecule has 1 heterocycles. The van der Waals surface area contributed by atoms with E-state index in [-0.39, 0.29) is 12.4 Å². The van der Waals surface area contributed by atoms with Gasteiger partial charge in [0.1, 0.15) is 0 Å². The van der Waals surface area contributed by atoms with Gasteiger partial charge in [-0.05, 0) is 35.6 Å². The fraction of sp³-hybridized carbons (Fsp3) is 0.455. The summed E-state index contributed by atoms with van der Waals surface area (Å²) < 4.78 is 0. The van der Waals surface area contributed by atoms with E-state index in [1.807, 2.05) is 6.07 Å². The zero-order valence-electron chi connectivity index (χ0n) is 8.22. The number of nitrogens with one attached hydrogen (secondary N) is 1. The molecule has 0 spiro atoms. The average Bonchev–Trinajstić information content (AvgIpc) is 2.17. The summed E-state index contributed by atoms with van der Waals surface area (Å²) in [5.74, 6) is 0.641. The number of benzene rings is 1. The second kappa shape index (κ2) is 5.01. The van der Waals surface area contributed by atoms with Crippen molar-refractivity contribution in [3.05, 3.63) is 34.3 Å². The summed E-state index contributed by atoms with van der Waals surface area (Å²) in [5.41, 5.74) is 2.84. The van der Waals surface area contributed by atoms with Gasteiger partial charge in [-0.2, -0.15) is 0 Å². The van der Waals surface area contributed by atoms with Gasteiger partial charge in [0.25, 0.3) is 0 Å². The maximum Gasteiger partial charge on any atom is 0.0409 e. The van der Waals surface area contributed by atoms with Gasteiger partial charge in [-0.3, -0.25) is 0 Å². The van der Waals surface area contributed by atoms with Crippen molar-refractivity contribution < 1.29 is 0 Å². The summed E-state index contributed by atoms with van der Waals surface area (Å²) in [6.07, 6.45) is 1.18. The second-order valence-electron chi connectivity index (χ2n) is 3.58. The highest BCUT2D eigenvalue weighted by Gasteiger charge is 2.17. The Morgan fingerprint density at radius 1 is 1.50 bits per heavy atom. The van der Waals surface area contributed by atoms with E-state index in [0.29, 0.717) is 5.92 Å². The van der Waals surface area contributed by atoms with Gasteiger partial charge in [0.2, 0.25) is 0 Å². The lowest BCUT2D eigenvalue weighted by Crippen LogP contribution is -2.27. The highest BCUT2D eigenvalue weighted by Crippen LogP contribution is 2.28. The first-order valence-electron chi connectivity index (χ1n) is 4.80. The Labute approximate surface area is 96.3 Å². The van der Waals surface area contributed by atoms with E-state index < -0.39 is 0 Å². The Morgan fingerprint density at radius 2 is 2.29 bits per heavy atom. The first-order chi connectivity index (χ1) is 6.31. The Morgan fingerprint density at radius 3 is 3.00 bits per heavy atom.